The lowest BCUT2D eigenvalue weighted by atomic mass is 9.92. The van der Waals surface area contributed by atoms with Crippen LogP contribution in [0, 0.1) is 0 Å². The number of hydrogen-bond donors (Lipinski definition) is 1. The first-order valence-corrected chi connectivity index (χ1v) is 9.76. The zero-order chi connectivity index (χ0) is 16.7. The Morgan fingerprint density at radius 1 is 1.38 bits per heavy atom. The first-order valence-electron chi connectivity index (χ1n) is 8.15. The number of aromatic nitrogens is 4. The second-order valence-electron chi connectivity index (χ2n) is 6.16. The molecule has 1 aliphatic heterocycles. The number of pyridine rings is 1. The molecule has 1 atom stereocenters. The Morgan fingerprint density at radius 3 is 3.08 bits per heavy atom. The van der Waals surface area contributed by atoms with Gasteiger partial charge in [0.2, 0.25) is 10.0 Å². The molecule has 0 aromatic carbocycles. The number of piperidine rings is 1. The highest BCUT2D eigenvalue weighted by molar-refractivity contribution is 7.89. The van der Waals surface area contributed by atoms with Gasteiger partial charge in [0.1, 0.15) is 5.65 Å². The number of sulfonamides is 1. The lowest BCUT2D eigenvalue weighted by Crippen LogP contribution is -2.40. The van der Waals surface area contributed by atoms with Crippen molar-refractivity contribution in [3.05, 3.63) is 30.4 Å². The molecule has 4 heterocycles. The van der Waals surface area contributed by atoms with Crippen LogP contribution in [-0.4, -0.2) is 51.7 Å². The molecular weight excluding hydrogens is 326 g/mol. The highest BCUT2D eigenvalue weighted by atomic mass is 32.2. The predicted molar refractivity (Wildman–Crippen MR) is 92.2 cm³/mol. The van der Waals surface area contributed by atoms with Crippen LogP contribution in [0.4, 0.5) is 0 Å². The maximum atomic E-state index is 12.2. The Morgan fingerprint density at radius 2 is 2.25 bits per heavy atom. The third-order valence-corrected chi connectivity index (χ3v) is 6.61. The number of nitrogens with one attached hydrogen (secondary N) is 1. The third-order valence-electron chi connectivity index (χ3n) is 4.76. The smallest absolute Gasteiger partial charge is 0.213 e. The van der Waals surface area contributed by atoms with E-state index in [0.29, 0.717) is 13.1 Å². The van der Waals surface area contributed by atoms with Gasteiger partial charge < -0.3 is 4.98 Å². The van der Waals surface area contributed by atoms with Gasteiger partial charge in [-0.1, -0.05) is 0 Å². The molecule has 4 rings (SSSR count). The monoisotopic (exact) mass is 345 g/mol. The maximum Gasteiger partial charge on any atom is 0.213 e. The fourth-order valence-electron chi connectivity index (χ4n) is 3.50. The maximum absolute atomic E-state index is 12.2. The summed E-state index contributed by atoms with van der Waals surface area (Å²) in [6.07, 6.45) is 7.11. The van der Waals surface area contributed by atoms with Crippen molar-refractivity contribution in [1.82, 2.24) is 24.5 Å². The van der Waals surface area contributed by atoms with E-state index in [1.807, 2.05) is 12.3 Å². The van der Waals surface area contributed by atoms with Crippen molar-refractivity contribution >= 4 is 31.8 Å². The molecule has 0 aliphatic carbocycles. The van der Waals surface area contributed by atoms with Gasteiger partial charge in [-0.3, -0.25) is 0 Å². The minimum Gasteiger partial charge on any atom is -0.346 e. The number of H-pyrrole nitrogens is 1. The van der Waals surface area contributed by atoms with Crippen molar-refractivity contribution < 1.29 is 8.42 Å². The quantitative estimate of drug-likeness (QED) is 0.784. The molecule has 0 saturated carbocycles. The Balaban J connectivity index is 1.83. The molecule has 0 radical (unpaired) electrons. The molecule has 1 N–H and O–H groups in total. The highest BCUT2D eigenvalue weighted by Gasteiger charge is 2.30. The molecule has 0 bridgehead atoms. The van der Waals surface area contributed by atoms with Crippen LogP contribution in [0.5, 0.6) is 0 Å². The topological polar surface area (TPSA) is 91.8 Å². The number of aromatic amines is 1. The molecule has 8 heteroatoms. The van der Waals surface area contributed by atoms with Gasteiger partial charge in [0.05, 0.1) is 17.6 Å². The van der Waals surface area contributed by atoms with Gasteiger partial charge in [-0.25, -0.2) is 17.7 Å². The summed E-state index contributed by atoms with van der Waals surface area (Å²) in [5, 5.41) is 11.5. The van der Waals surface area contributed by atoms with E-state index in [1.54, 1.807) is 23.6 Å². The fraction of sp³-hybridized carbons (Fsp3) is 0.438. The van der Waals surface area contributed by atoms with E-state index in [4.69, 9.17) is 0 Å². The Labute approximate surface area is 140 Å². The summed E-state index contributed by atoms with van der Waals surface area (Å²) in [5.74, 6) is 0.184. The van der Waals surface area contributed by atoms with Crippen molar-refractivity contribution in [2.24, 2.45) is 0 Å². The van der Waals surface area contributed by atoms with Crippen LogP contribution in [0.1, 0.15) is 31.4 Å². The molecule has 126 valence electrons. The number of hydrogen-bond acceptors (Lipinski definition) is 5. The average Bonchev–Trinajstić information content (AvgIpc) is 3.10. The van der Waals surface area contributed by atoms with E-state index in [2.05, 4.69) is 20.2 Å². The van der Waals surface area contributed by atoms with Crippen molar-refractivity contribution in [3.63, 3.8) is 0 Å². The van der Waals surface area contributed by atoms with Crippen molar-refractivity contribution in [3.8, 4) is 0 Å². The van der Waals surface area contributed by atoms with Crippen LogP contribution in [0.25, 0.3) is 21.8 Å². The van der Waals surface area contributed by atoms with Gasteiger partial charge in [-0.05, 0) is 25.8 Å². The number of fused-ring (bicyclic) bond motifs is 3. The largest absolute Gasteiger partial charge is 0.346 e. The van der Waals surface area contributed by atoms with Gasteiger partial charge in [0.25, 0.3) is 0 Å². The van der Waals surface area contributed by atoms with Crippen LogP contribution >= 0.6 is 0 Å². The lowest BCUT2D eigenvalue weighted by Gasteiger charge is -2.31. The van der Waals surface area contributed by atoms with Gasteiger partial charge in [0, 0.05) is 47.6 Å². The van der Waals surface area contributed by atoms with Crippen molar-refractivity contribution in [2.45, 2.75) is 25.7 Å². The number of rotatable bonds is 3. The summed E-state index contributed by atoms with van der Waals surface area (Å²) in [5.41, 5.74) is 1.68. The summed E-state index contributed by atoms with van der Waals surface area (Å²) in [6.45, 7) is 2.75. The van der Waals surface area contributed by atoms with Crippen LogP contribution < -0.4 is 0 Å². The van der Waals surface area contributed by atoms with E-state index in [9.17, 15) is 8.42 Å². The first kappa shape index (κ1) is 15.5. The molecule has 1 fully saturated rings. The summed E-state index contributed by atoms with van der Waals surface area (Å²) >= 11 is 0. The Bertz CT molecular complexity index is 998. The molecule has 24 heavy (non-hydrogen) atoms. The molecule has 1 aliphatic rings. The van der Waals surface area contributed by atoms with E-state index in [1.165, 1.54) is 0 Å². The predicted octanol–water partition coefficient (Wildman–Crippen LogP) is 2.04. The Hall–Kier alpha value is -2.06. The minimum atomic E-state index is -3.18. The second-order valence-corrected chi connectivity index (χ2v) is 8.41. The van der Waals surface area contributed by atoms with Crippen molar-refractivity contribution in [1.29, 1.82) is 0 Å². The zero-order valence-electron chi connectivity index (χ0n) is 13.4. The Kier molecular flexibility index (Phi) is 3.73. The first-order chi connectivity index (χ1) is 11.6. The molecule has 3 aromatic heterocycles. The zero-order valence-corrected chi connectivity index (χ0v) is 14.3. The van der Waals surface area contributed by atoms with Crippen LogP contribution in [0.15, 0.2) is 24.7 Å². The molecule has 1 unspecified atom stereocenters. The van der Waals surface area contributed by atoms with Gasteiger partial charge in [0.15, 0.2) is 0 Å². The third kappa shape index (κ3) is 2.46. The van der Waals surface area contributed by atoms with E-state index in [0.717, 1.165) is 40.3 Å². The molecule has 1 saturated heterocycles. The molecular formula is C16H19N5O2S. The van der Waals surface area contributed by atoms with Crippen LogP contribution in [0.2, 0.25) is 0 Å². The fourth-order valence-corrected chi connectivity index (χ4v) is 4.68. The highest BCUT2D eigenvalue weighted by Crippen LogP contribution is 2.34. The van der Waals surface area contributed by atoms with Gasteiger partial charge in [-0.2, -0.15) is 10.2 Å². The van der Waals surface area contributed by atoms with E-state index >= 15 is 0 Å². The normalized spacial score (nSPS) is 20.0. The van der Waals surface area contributed by atoms with E-state index in [-0.39, 0.29) is 11.7 Å². The molecule has 0 spiro atoms. The van der Waals surface area contributed by atoms with Crippen LogP contribution in [0.3, 0.4) is 0 Å². The summed E-state index contributed by atoms with van der Waals surface area (Å²) < 4.78 is 26.1. The average molecular weight is 345 g/mol. The summed E-state index contributed by atoms with van der Waals surface area (Å²) in [7, 11) is -3.18. The van der Waals surface area contributed by atoms with Gasteiger partial charge >= 0.3 is 0 Å². The summed E-state index contributed by atoms with van der Waals surface area (Å²) in [4.78, 5) is 7.51. The summed E-state index contributed by atoms with van der Waals surface area (Å²) in [6, 6.07) is 1.99. The minimum absolute atomic E-state index is 0.0526. The van der Waals surface area contributed by atoms with Gasteiger partial charge in [-0.15, -0.1) is 0 Å². The van der Waals surface area contributed by atoms with E-state index < -0.39 is 10.0 Å². The molecule has 0 amide bonds. The van der Waals surface area contributed by atoms with Crippen molar-refractivity contribution in [2.75, 3.05) is 18.8 Å². The lowest BCUT2D eigenvalue weighted by molar-refractivity contribution is 0.313. The molecule has 3 aromatic rings. The molecule has 7 nitrogen and oxygen atoms in total. The standard InChI is InChI=1S/C16H19N5O2S/c1-2-24(22,23)21-7-3-4-11(10-21)15-14-12(9-19-20-15)8-18-16-13(14)5-6-17-16/h5-6,8-9,11H,2-4,7,10H2,1H3,(H,17,18). The SMILES string of the molecule is CCS(=O)(=O)N1CCCC(c2nncc3cnc4[nH]ccc4c23)C1. The number of nitrogens with zero attached hydrogens (tertiary/aromatic N) is 4. The van der Waals surface area contributed by atoms with Crippen LogP contribution in [-0.2, 0) is 10.0 Å². The second kappa shape index (κ2) is 5.78.